The van der Waals surface area contributed by atoms with E-state index >= 15 is 0 Å². The van der Waals surface area contributed by atoms with E-state index in [4.69, 9.17) is 5.73 Å². The van der Waals surface area contributed by atoms with E-state index in [0.717, 1.165) is 6.42 Å². The van der Waals surface area contributed by atoms with Gasteiger partial charge in [-0.2, -0.15) is 0 Å². The van der Waals surface area contributed by atoms with Gasteiger partial charge in [0.1, 0.15) is 5.25 Å². The van der Waals surface area contributed by atoms with Crippen molar-refractivity contribution in [3.8, 4) is 0 Å². The van der Waals surface area contributed by atoms with Crippen LogP contribution in [-0.2, 0) is 15.6 Å². The molecule has 14 heavy (non-hydrogen) atoms. The molecule has 3 N–H and O–H groups in total. The molecule has 0 heterocycles. The second-order valence-electron chi connectivity index (χ2n) is 3.46. The van der Waals surface area contributed by atoms with Crippen LogP contribution >= 0.6 is 0 Å². The second-order valence-corrected chi connectivity index (χ2v) is 5.26. The monoisotopic (exact) mass is 220 g/mol. The first kappa shape index (κ1) is 13.6. The summed E-state index contributed by atoms with van der Waals surface area (Å²) in [6, 6.07) is -0.128. The van der Waals surface area contributed by atoms with Gasteiger partial charge < -0.3 is 11.1 Å². The first-order valence-corrected chi connectivity index (χ1v) is 6.27. The van der Waals surface area contributed by atoms with E-state index < -0.39 is 16.0 Å². The quantitative estimate of drug-likeness (QED) is 0.661. The van der Waals surface area contributed by atoms with Crippen molar-refractivity contribution < 1.29 is 9.00 Å². The van der Waals surface area contributed by atoms with Crippen molar-refractivity contribution in [3.05, 3.63) is 0 Å². The number of rotatable bonds is 6. The molecular weight excluding hydrogens is 200 g/mol. The van der Waals surface area contributed by atoms with Gasteiger partial charge in [-0.25, -0.2) is 0 Å². The van der Waals surface area contributed by atoms with Crippen molar-refractivity contribution in [2.24, 2.45) is 5.73 Å². The zero-order chi connectivity index (χ0) is 11.1. The fourth-order valence-electron chi connectivity index (χ4n) is 0.915. The molecule has 0 fully saturated rings. The third kappa shape index (κ3) is 5.34. The van der Waals surface area contributed by atoms with Crippen molar-refractivity contribution in [1.29, 1.82) is 0 Å². The van der Waals surface area contributed by atoms with E-state index in [0.29, 0.717) is 12.3 Å². The lowest BCUT2D eigenvalue weighted by molar-refractivity contribution is -0.120. The SMILES string of the molecule is CCCNC(=O)C(C)S(=O)CC(C)N. The van der Waals surface area contributed by atoms with Crippen molar-refractivity contribution in [3.63, 3.8) is 0 Å². The largest absolute Gasteiger partial charge is 0.355 e. The van der Waals surface area contributed by atoms with Crippen LogP contribution in [0.3, 0.4) is 0 Å². The maximum Gasteiger partial charge on any atom is 0.235 e. The Morgan fingerprint density at radius 1 is 1.50 bits per heavy atom. The molecule has 0 aliphatic carbocycles. The van der Waals surface area contributed by atoms with Crippen LogP contribution in [0.4, 0.5) is 0 Å². The summed E-state index contributed by atoms with van der Waals surface area (Å²) in [5, 5.41) is 2.25. The first-order chi connectivity index (χ1) is 6.49. The van der Waals surface area contributed by atoms with Crippen molar-refractivity contribution in [2.75, 3.05) is 12.3 Å². The standard InChI is InChI=1S/C9H20N2O2S/c1-4-5-11-9(12)8(3)14(13)6-7(2)10/h7-8H,4-6,10H2,1-3H3,(H,11,12). The fraction of sp³-hybridized carbons (Fsp3) is 0.889. The average Bonchev–Trinajstić information content (AvgIpc) is 2.11. The predicted octanol–water partition coefficient (Wildman–Crippen LogP) is -0.00300. The van der Waals surface area contributed by atoms with Gasteiger partial charge in [0, 0.05) is 29.1 Å². The topological polar surface area (TPSA) is 72.2 Å². The van der Waals surface area contributed by atoms with E-state index in [2.05, 4.69) is 5.32 Å². The minimum Gasteiger partial charge on any atom is -0.355 e. The van der Waals surface area contributed by atoms with Crippen LogP contribution in [0.15, 0.2) is 0 Å². The highest BCUT2D eigenvalue weighted by atomic mass is 32.2. The minimum atomic E-state index is -1.17. The van der Waals surface area contributed by atoms with E-state index in [9.17, 15) is 9.00 Å². The number of carbonyl (C=O) groups excluding carboxylic acids is 1. The lowest BCUT2D eigenvalue weighted by atomic mass is 10.4. The van der Waals surface area contributed by atoms with Gasteiger partial charge in [-0.1, -0.05) is 6.92 Å². The molecule has 3 unspecified atom stereocenters. The highest BCUT2D eigenvalue weighted by Crippen LogP contribution is 1.98. The normalized spacial score (nSPS) is 17.1. The molecule has 0 aromatic carbocycles. The molecule has 1 amide bonds. The number of hydrogen-bond donors (Lipinski definition) is 2. The van der Waals surface area contributed by atoms with Gasteiger partial charge >= 0.3 is 0 Å². The summed E-state index contributed by atoms with van der Waals surface area (Å²) < 4.78 is 11.5. The second kappa shape index (κ2) is 6.95. The molecule has 84 valence electrons. The van der Waals surface area contributed by atoms with Crippen molar-refractivity contribution in [1.82, 2.24) is 5.32 Å². The van der Waals surface area contributed by atoms with E-state index in [1.807, 2.05) is 6.92 Å². The molecule has 5 heteroatoms. The molecule has 0 aliphatic heterocycles. The van der Waals surface area contributed by atoms with Gasteiger partial charge in [0.2, 0.25) is 5.91 Å². The van der Waals surface area contributed by atoms with E-state index in [1.165, 1.54) is 0 Å². The van der Waals surface area contributed by atoms with E-state index in [1.54, 1.807) is 13.8 Å². The highest BCUT2D eigenvalue weighted by molar-refractivity contribution is 7.86. The van der Waals surface area contributed by atoms with Gasteiger partial charge in [-0.3, -0.25) is 9.00 Å². The van der Waals surface area contributed by atoms with Crippen molar-refractivity contribution >= 4 is 16.7 Å². The number of carbonyl (C=O) groups is 1. The maximum absolute atomic E-state index is 11.5. The third-order valence-electron chi connectivity index (χ3n) is 1.74. The number of nitrogens with two attached hydrogens (primary N) is 1. The number of amides is 1. The maximum atomic E-state index is 11.5. The Balaban J connectivity index is 3.97. The summed E-state index contributed by atoms with van der Waals surface area (Å²) in [6.45, 7) is 6.07. The third-order valence-corrected chi connectivity index (χ3v) is 3.60. The minimum absolute atomic E-state index is 0.128. The van der Waals surface area contributed by atoms with Crippen LogP contribution in [0.25, 0.3) is 0 Å². The van der Waals surface area contributed by atoms with Crippen LogP contribution in [0, 0.1) is 0 Å². The molecule has 0 radical (unpaired) electrons. The Hall–Kier alpha value is -0.420. The Bertz CT molecular complexity index is 207. The van der Waals surface area contributed by atoms with E-state index in [-0.39, 0.29) is 11.9 Å². The summed E-state index contributed by atoms with van der Waals surface area (Å²) in [5.74, 6) is 0.228. The zero-order valence-electron chi connectivity index (χ0n) is 9.08. The molecule has 0 aliphatic rings. The van der Waals surface area contributed by atoms with Gasteiger partial charge in [-0.05, 0) is 20.3 Å². The first-order valence-electron chi connectivity index (χ1n) is 4.89. The lowest BCUT2D eigenvalue weighted by Crippen LogP contribution is -2.38. The number of hydrogen-bond acceptors (Lipinski definition) is 3. The van der Waals surface area contributed by atoms with Crippen LogP contribution in [0.2, 0.25) is 0 Å². The summed E-state index contributed by atoms with van der Waals surface area (Å²) in [6.07, 6.45) is 0.887. The predicted molar refractivity (Wildman–Crippen MR) is 59.4 cm³/mol. The van der Waals surface area contributed by atoms with Gasteiger partial charge in [0.05, 0.1) is 0 Å². The number of nitrogens with one attached hydrogen (secondary N) is 1. The Kier molecular flexibility index (Phi) is 6.74. The van der Waals surface area contributed by atoms with Gasteiger partial charge in [0.25, 0.3) is 0 Å². The molecule has 4 nitrogen and oxygen atoms in total. The average molecular weight is 220 g/mol. The van der Waals surface area contributed by atoms with Crippen LogP contribution in [0.5, 0.6) is 0 Å². The highest BCUT2D eigenvalue weighted by Gasteiger charge is 2.19. The Morgan fingerprint density at radius 2 is 2.07 bits per heavy atom. The summed E-state index contributed by atoms with van der Waals surface area (Å²) in [5.41, 5.74) is 5.51. The van der Waals surface area contributed by atoms with Gasteiger partial charge in [-0.15, -0.1) is 0 Å². The lowest BCUT2D eigenvalue weighted by Gasteiger charge is -2.12. The molecular formula is C9H20N2O2S. The van der Waals surface area contributed by atoms with Gasteiger partial charge in [0.15, 0.2) is 0 Å². The Labute approximate surface area is 88.1 Å². The molecule has 0 bridgehead atoms. The van der Waals surface area contributed by atoms with Crippen LogP contribution < -0.4 is 11.1 Å². The smallest absolute Gasteiger partial charge is 0.235 e. The molecule has 0 saturated heterocycles. The summed E-state index contributed by atoms with van der Waals surface area (Å²) in [7, 11) is -1.17. The van der Waals surface area contributed by atoms with Crippen LogP contribution in [-0.4, -0.2) is 33.7 Å². The molecule has 0 spiro atoms. The zero-order valence-corrected chi connectivity index (χ0v) is 9.89. The fourth-order valence-corrected chi connectivity index (χ4v) is 2.04. The van der Waals surface area contributed by atoms with Crippen LogP contribution in [0.1, 0.15) is 27.2 Å². The molecule has 3 atom stereocenters. The summed E-state index contributed by atoms with van der Waals surface area (Å²) >= 11 is 0. The molecule has 0 aromatic heterocycles. The Morgan fingerprint density at radius 3 is 2.50 bits per heavy atom. The molecule has 0 saturated carbocycles. The van der Waals surface area contributed by atoms with Crippen molar-refractivity contribution in [2.45, 2.75) is 38.5 Å². The molecule has 0 aromatic rings. The molecule has 0 rings (SSSR count). The summed E-state index contributed by atoms with van der Waals surface area (Å²) in [4.78, 5) is 11.4.